The van der Waals surface area contributed by atoms with Crippen molar-refractivity contribution in [1.29, 1.82) is 0 Å². The highest BCUT2D eigenvalue weighted by Crippen LogP contribution is 2.54. The highest BCUT2D eigenvalue weighted by molar-refractivity contribution is 5.94. The van der Waals surface area contributed by atoms with Gasteiger partial charge in [-0.3, -0.25) is 19.2 Å². The second-order valence-electron chi connectivity index (χ2n) is 38.6. The SMILES string of the molecule is CCC(C)(C)C(=O)OCCOC(=O)CC(C)=O.CCC(C)C(=O)OC1CCOC1=O.CCC(C)c1cc(C(C)(O)C(F)(F)F)cc(C(C)(O)C(F)(F)F)c1.CCC(C)c1cc(C(C)(O)C(F)(F)F)cc(C(C)(O)C(F)(F)F)c1.CCC(C)c1cc(C(C)(OC2CCCCC2)C(F)(F)F)cc(C(C)(OC2CCCCC2)C(F)(F)F)c1.CCC(C)c1cc(C(C)(OCCO)C(F)(F)F)cc(C(C)(OCCO)C(F)(F)F)c1. The maximum absolute atomic E-state index is 14.6. The summed E-state index contributed by atoms with van der Waals surface area (Å²) in [6, 6.07) is 12.1. The Kier molecular flexibility index (Phi) is 48.9. The molecular formula is C101H142F24O19. The topological polar surface area (TPSA) is 281 Å². The van der Waals surface area contributed by atoms with Crippen LogP contribution in [0.1, 0.15) is 358 Å². The Labute approximate surface area is 825 Å². The minimum absolute atomic E-state index is 0.0162. The Bertz CT molecular complexity index is 4370. The molecule has 19 nitrogen and oxygen atoms in total. The Hall–Kier alpha value is -7.65. The van der Waals surface area contributed by atoms with Crippen LogP contribution in [0.2, 0.25) is 0 Å². The molecule has 43 heteroatoms. The van der Waals surface area contributed by atoms with Gasteiger partial charge >= 0.3 is 73.3 Å². The number of rotatable bonds is 36. The molecule has 1 heterocycles. The van der Waals surface area contributed by atoms with E-state index in [4.69, 9.17) is 43.4 Å². The van der Waals surface area contributed by atoms with E-state index < -0.39 is 190 Å². The number of aliphatic hydroxyl groups excluding tert-OH is 2. The van der Waals surface area contributed by atoms with E-state index in [1.54, 1.807) is 62.3 Å². The average Bonchev–Trinajstić information content (AvgIpc) is 0.762. The second kappa shape index (κ2) is 53.2. The molecule has 1 aliphatic heterocycles. The number of Topliss-reactive ketones (excluding diaryl/α,β-unsaturated/α-hetero) is 1. The molecule has 14 atom stereocenters. The van der Waals surface area contributed by atoms with Gasteiger partial charge in [-0.25, -0.2) is 4.79 Å². The normalized spacial score (nSPS) is 19.5. The standard InChI is InChI=1S/C28H40F6O2.C20H28F6O4.2C16H20F6O2.C12H20O5.C9H14O4/c1-5-19(2)20-16-21(25(3,27(29,30)31)35-23-12-8-6-9-13-23)18-22(17-20)26(4,28(32,33)34)36-24-14-10-7-11-15-24;1-5-13(2)14-10-15(17(3,19(21,22)23)29-8-6-27)12-16(11-14)18(4,20(24,25)26)30-9-7-28;2*1-5-9(2)10-6-11(13(3,23)15(17,18)19)8-12(7-10)14(4,24)16(20,21)22;1-5-12(3,4)11(15)17-7-6-16-10(14)8-9(2)13;1-3-6(2)8(10)13-7-4-5-12-9(7)11/h16-19,23-24H,5-15H2,1-4H3;10-13,27-28H,5-9H2,1-4H3;2*6-9,23-24H,5H2,1-4H3;5-8H2,1-4H3;6-7H,3-5H2,1-2H3. The minimum atomic E-state index is -5.08. The van der Waals surface area contributed by atoms with Crippen molar-refractivity contribution in [3.8, 4) is 0 Å². The van der Waals surface area contributed by atoms with E-state index in [2.05, 4.69) is 4.74 Å². The molecule has 0 aromatic heterocycles. The molecule has 828 valence electrons. The first-order chi connectivity index (χ1) is 65.4. The van der Waals surface area contributed by atoms with E-state index >= 15 is 0 Å². The van der Waals surface area contributed by atoms with Crippen LogP contribution in [0.3, 0.4) is 0 Å². The first kappa shape index (κ1) is 132. The van der Waals surface area contributed by atoms with Gasteiger partial charge in [0.05, 0.1) is 56.6 Å². The van der Waals surface area contributed by atoms with Crippen LogP contribution >= 0.6 is 0 Å². The zero-order valence-corrected chi connectivity index (χ0v) is 85.3. The first-order valence-corrected chi connectivity index (χ1v) is 47.5. The Morgan fingerprint density at radius 3 is 0.854 bits per heavy atom. The fourth-order valence-electron chi connectivity index (χ4n) is 14.2. The van der Waals surface area contributed by atoms with Gasteiger partial charge in [0.2, 0.25) is 6.10 Å². The lowest BCUT2D eigenvalue weighted by Gasteiger charge is -2.40. The minimum Gasteiger partial charge on any atom is -0.463 e. The number of ketones is 1. The summed E-state index contributed by atoms with van der Waals surface area (Å²) < 4.78 is 368. The maximum atomic E-state index is 14.6. The number of carbonyl (C=O) groups excluding carboxylic acids is 5. The first-order valence-electron chi connectivity index (χ1n) is 47.5. The highest BCUT2D eigenvalue weighted by atomic mass is 19.4. The number of cyclic esters (lactones) is 1. The van der Waals surface area contributed by atoms with Crippen molar-refractivity contribution < 1.29 is 198 Å². The second-order valence-corrected chi connectivity index (χ2v) is 38.6. The number of aliphatic hydroxyl groups is 6. The van der Waals surface area contributed by atoms with Gasteiger partial charge in [-0.2, -0.15) is 105 Å². The summed E-state index contributed by atoms with van der Waals surface area (Å²) in [7, 11) is 0. The molecule has 4 aromatic rings. The largest absolute Gasteiger partial charge is 0.463 e. The van der Waals surface area contributed by atoms with Crippen molar-refractivity contribution in [2.45, 2.75) is 404 Å². The molecule has 14 unspecified atom stereocenters. The van der Waals surface area contributed by atoms with Gasteiger partial charge in [0.1, 0.15) is 25.4 Å². The predicted octanol–water partition coefficient (Wildman–Crippen LogP) is 26.1. The number of carbonyl (C=O) groups is 5. The lowest BCUT2D eigenvalue weighted by atomic mass is 9.82. The molecule has 3 fully saturated rings. The highest BCUT2D eigenvalue weighted by Gasteiger charge is 2.62. The third-order valence-corrected chi connectivity index (χ3v) is 26.8. The Balaban J connectivity index is 0.000000599. The quantitative estimate of drug-likeness (QED) is 0.00811. The molecule has 7 rings (SSSR count). The summed E-state index contributed by atoms with van der Waals surface area (Å²) in [4.78, 5) is 55.2. The summed E-state index contributed by atoms with van der Waals surface area (Å²) in [6.45, 7) is 27.1. The zero-order chi connectivity index (χ0) is 112. The van der Waals surface area contributed by atoms with E-state index in [-0.39, 0.29) is 94.8 Å². The molecule has 2 aliphatic carbocycles. The summed E-state index contributed by atoms with van der Waals surface area (Å²) in [5, 5.41) is 57.1. The van der Waals surface area contributed by atoms with Gasteiger partial charge in [0.15, 0.2) is 44.8 Å². The molecule has 0 amide bonds. The molecule has 144 heavy (non-hydrogen) atoms. The van der Waals surface area contributed by atoms with Gasteiger partial charge < -0.3 is 68.5 Å². The smallest absolute Gasteiger partial charge is 0.421 e. The number of halogens is 24. The van der Waals surface area contributed by atoms with E-state index in [0.29, 0.717) is 130 Å². The van der Waals surface area contributed by atoms with Crippen molar-refractivity contribution in [3.05, 3.63) is 140 Å². The van der Waals surface area contributed by atoms with Gasteiger partial charge in [-0.15, -0.1) is 0 Å². The lowest BCUT2D eigenvalue weighted by Crippen LogP contribution is -2.47. The molecule has 0 radical (unpaired) electrons. The van der Waals surface area contributed by atoms with Crippen molar-refractivity contribution >= 4 is 29.7 Å². The van der Waals surface area contributed by atoms with Crippen molar-refractivity contribution in [3.63, 3.8) is 0 Å². The summed E-state index contributed by atoms with van der Waals surface area (Å²) >= 11 is 0. The van der Waals surface area contributed by atoms with Crippen LogP contribution in [-0.4, -0.2) is 174 Å². The van der Waals surface area contributed by atoms with Crippen LogP contribution in [0.5, 0.6) is 0 Å². The van der Waals surface area contributed by atoms with Crippen LogP contribution in [-0.2, 0) is 107 Å². The van der Waals surface area contributed by atoms with E-state index in [1.165, 1.54) is 31.2 Å². The maximum Gasteiger partial charge on any atom is 0.421 e. The predicted molar refractivity (Wildman–Crippen MR) is 485 cm³/mol. The van der Waals surface area contributed by atoms with Crippen LogP contribution in [0.15, 0.2) is 72.8 Å². The Morgan fingerprint density at radius 2 is 0.625 bits per heavy atom. The summed E-state index contributed by atoms with van der Waals surface area (Å²) in [5.41, 5.74) is -28.8. The molecule has 1 saturated heterocycles. The molecule has 4 aromatic carbocycles. The van der Waals surface area contributed by atoms with Crippen LogP contribution in [0.4, 0.5) is 105 Å². The number of benzene rings is 4. The molecule has 6 N–H and O–H groups in total. The van der Waals surface area contributed by atoms with Crippen LogP contribution < -0.4 is 0 Å². The monoisotopic (exact) mass is 2110 g/mol. The third-order valence-electron chi connectivity index (χ3n) is 26.8. The molecule has 0 spiro atoms. The number of esters is 4. The average molecular weight is 2120 g/mol. The fourth-order valence-corrected chi connectivity index (χ4v) is 14.2. The molecule has 3 aliphatic rings. The third kappa shape index (κ3) is 35.2. The summed E-state index contributed by atoms with van der Waals surface area (Å²) in [5.74, 6) is -3.31. The van der Waals surface area contributed by atoms with Gasteiger partial charge in [-0.05, 0) is 255 Å². The number of hydrogen-bond donors (Lipinski definition) is 6. The van der Waals surface area contributed by atoms with E-state index in [1.807, 2.05) is 27.7 Å². The van der Waals surface area contributed by atoms with Crippen molar-refractivity contribution in [2.75, 3.05) is 46.2 Å². The molecular weight excluding hydrogens is 1970 g/mol. The van der Waals surface area contributed by atoms with Crippen molar-refractivity contribution in [2.24, 2.45) is 11.3 Å². The van der Waals surface area contributed by atoms with Crippen LogP contribution in [0.25, 0.3) is 0 Å². The zero-order valence-electron chi connectivity index (χ0n) is 85.3. The van der Waals surface area contributed by atoms with Gasteiger partial charge in [0, 0.05) is 6.42 Å². The summed E-state index contributed by atoms with van der Waals surface area (Å²) in [6.07, 6.45) is -31.1. The van der Waals surface area contributed by atoms with Crippen LogP contribution in [0, 0.1) is 11.3 Å². The fraction of sp³-hybridized carbons (Fsp3) is 0.713. The number of ether oxygens (including phenoxy) is 8. The Morgan fingerprint density at radius 1 is 0.361 bits per heavy atom. The van der Waals surface area contributed by atoms with E-state index in [0.717, 1.165) is 95.2 Å². The van der Waals surface area contributed by atoms with E-state index in [9.17, 15) is 150 Å². The van der Waals surface area contributed by atoms with Crippen molar-refractivity contribution in [1.82, 2.24) is 0 Å². The number of alkyl halides is 24. The number of hydrogen-bond acceptors (Lipinski definition) is 19. The molecule has 0 bridgehead atoms. The van der Waals surface area contributed by atoms with Gasteiger partial charge in [0.25, 0.3) is 0 Å². The molecule has 2 saturated carbocycles. The van der Waals surface area contributed by atoms with Gasteiger partial charge in [-0.1, -0.05) is 163 Å². The lowest BCUT2D eigenvalue weighted by molar-refractivity contribution is -0.296.